The molecule has 0 saturated heterocycles. The van der Waals surface area contributed by atoms with Gasteiger partial charge in [0.25, 0.3) is 11.8 Å². The van der Waals surface area contributed by atoms with Gasteiger partial charge in [0.2, 0.25) is 0 Å². The van der Waals surface area contributed by atoms with Crippen molar-refractivity contribution in [2.24, 2.45) is 0 Å². The number of nitriles is 1. The summed E-state index contributed by atoms with van der Waals surface area (Å²) in [6.07, 6.45) is 2.63. The molecule has 0 atom stereocenters. The van der Waals surface area contributed by atoms with Crippen molar-refractivity contribution in [2.75, 3.05) is 0 Å². The maximum Gasteiger partial charge on any atom is 0.269 e. The molecule has 2 N–H and O–H groups in total. The smallest absolute Gasteiger partial charge is 0.269 e. The number of rotatable bonds is 2. The molecule has 0 fully saturated rings. The second-order valence-electron chi connectivity index (χ2n) is 2.57. The number of hydrazine groups is 1. The van der Waals surface area contributed by atoms with Gasteiger partial charge in [0.1, 0.15) is 6.42 Å². The molecule has 1 rings (SSSR count). The molecule has 1 heterocycles. The van der Waals surface area contributed by atoms with Crippen LogP contribution in [0.25, 0.3) is 0 Å². The zero-order chi connectivity index (χ0) is 11.1. The fourth-order valence-electron chi connectivity index (χ4n) is 0.818. The minimum absolute atomic E-state index is 0.295. The van der Waals surface area contributed by atoms with E-state index in [1.807, 2.05) is 0 Å². The highest BCUT2D eigenvalue weighted by Crippen LogP contribution is 1.94. The van der Waals surface area contributed by atoms with Gasteiger partial charge in [-0.25, -0.2) is 0 Å². The molecule has 76 valence electrons. The van der Waals surface area contributed by atoms with E-state index in [1.165, 1.54) is 24.5 Å². The first-order chi connectivity index (χ1) is 7.24. The molecule has 1 aromatic rings. The van der Waals surface area contributed by atoms with Crippen molar-refractivity contribution in [2.45, 2.75) is 6.42 Å². The summed E-state index contributed by atoms with van der Waals surface area (Å²) in [4.78, 5) is 25.9. The summed E-state index contributed by atoms with van der Waals surface area (Å²) >= 11 is 0. The van der Waals surface area contributed by atoms with E-state index < -0.39 is 11.8 Å². The Bertz CT molecular complexity index is 396. The van der Waals surface area contributed by atoms with Crippen molar-refractivity contribution >= 4 is 11.8 Å². The van der Waals surface area contributed by atoms with Gasteiger partial charge in [0.15, 0.2) is 0 Å². The summed E-state index contributed by atoms with van der Waals surface area (Å²) in [5.41, 5.74) is 4.64. The average molecular weight is 204 g/mol. The van der Waals surface area contributed by atoms with Crippen molar-refractivity contribution in [3.8, 4) is 6.07 Å². The molecular weight excluding hydrogens is 196 g/mol. The first-order valence-electron chi connectivity index (χ1n) is 4.10. The van der Waals surface area contributed by atoms with Gasteiger partial charge in [0, 0.05) is 18.0 Å². The summed E-state index contributed by atoms with van der Waals surface area (Å²) in [6, 6.07) is 4.67. The lowest BCUT2D eigenvalue weighted by atomic mass is 10.3. The fourth-order valence-corrected chi connectivity index (χ4v) is 0.818. The Kier molecular flexibility index (Phi) is 3.79. The number of aromatic nitrogens is 1. The number of nitrogens with one attached hydrogen (secondary N) is 2. The van der Waals surface area contributed by atoms with Crippen LogP contribution in [0.2, 0.25) is 0 Å². The molecule has 0 spiro atoms. The van der Waals surface area contributed by atoms with Crippen LogP contribution >= 0.6 is 0 Å². The normalized spacial score (nSPS) is 8.73. The molecule has 1 aromatic heterocycles. The molecule has 0 aliphatic rings. The van der Waals surface area contributed by atoms with E-state index in [4.69, 9.17) is 5.26 Å². The van der Waals surface area contributed by atoms with Crippen molar-refractivity contribution in [3.63, 3.8) is 0 Å². The van der Waals surface area contributed by atoms with Crippen molar-refractivity contribution in [1.82, 2.24) is 15.8 Å². The minimum Gasteiger partial charge on any atom is -0.272 e. The Balaban J connectivity index is 2.45. The quantitative estimate of drug-likeness (QED) is 0.650. The third-order valence-electron chi connectivity index (χ3n) is 1.50. The largest absolute Gasteiger partial charge is 0.272 e. The molecule has 2 amide bonds. The number of hydrogen-bond donors (Lipinski definition) is 2. The summed E-state index contributed by atoms with van der Waals surface area (Å²) in [5, 5.41) is 8.19. The third kappa shape index (κ3) is 3.44. The monoisotopic (exact) mass is 204 g/mol. The van der Waals surface area contributed by atoms with Crippen LogP contribution in [-0.4, -0.2) is 16.8 Å². The second-order valence-corrected chi connectivity index (χ2v) is 2.57. The van der Waals surface area contributed by atoms with E-state index in [0.29, 0.717) is 5.56 Å². The summed E-state index contributed by atoms with van der Waals surface area (Å²) in [6.45, 7) is 0. The van der Waals surface area contributed by atoms with Gasteiger partial charge in [0.05, 0.1) is 6.07 Å². The van der Waals surface area contributed by atoms with E-state index in [-0.39, 0.29) is 6.42 Å². The van der Waals surface area contributed by atoms with Gasteiger partial charge in [-0.05, 0) is 12.1 Å². The van der Waals surface area contributed by atoms with Crippen LogP contribution in [0.3, 0.4) is 0 Å². The van der Waals surface area contributed by atoms with Gasteiger partial charge in [-0.3, -0.25) is 25.4 Å². The van der Waals surface area contributed by atoms with Gasteiger partial charge in [-0.2, -0.15) is 5.26 Å². The molecule has 0 unspecified atom stereocenters. The predicted octanol–water partition coefficient (Wildman–Crippen LogP) is -0.244. The Labute approximate surface area is 85.9 Å². The van der Waals surface area contributed by atoms with E-state index in [0.717, 1.165) is 0 Å². The van der Waals surface area contributed by atoms with Crippen molar-refractivity contribution in [3.05, 3.63) is 30.1 Å². The van der Waals surface area contributed by atoms with Gasteiger partial charge in [-0.15, -0.1) is 0 Å². The highest BCUT2D eigenvalue weighted by molar-refractivity contribution is 5.95. The Morgan fingerprint density at radius 2 is 2.00 bits per heavy atom. The van der Waals surface area contributed by atoms with E-state index in [9.17, 15) is 9.59 Å². The summed E-state index contributed by atoms with van der Waals surface area (Å²) in [7, 11) is 0. The summed E-state index contributed by atoms with van der Waals surface area (Å²) in [5.74, 6) is -1.01. The molecule has 0 saturated carbocycles. The van der Waals surface area contributed by atoms with E-state index in [1.54, 1.807) is 6.07 Å². The first kappa shape index (κ1) is 10.7. The average Bonchev–Trinajstić information content (AvgIpc) is 2.27. The zero-order valence-electron chi connectivity index (χ0n) is 7.73. The molecule has 0 aromatic carbocycles. The number of pyridine rings is 1. The van der Waals surface area contributed by atoms with Crippen LogP contribution in [0, 0.1) is 11.3 Å². The Morgan fingerprint density at radius 3 is 2.60 bits per heavy atom. The van der Waals surface area contributed by atoms with Gasteiger partial charge < -0.3 is 0 Å². The lowest BCUT2D eigenvalue weighted by Gasteiger charge is -2.04. The number of nitrogens with zero attached hydrogens (tertiary/aromatic N) is 2. The van der Waals surface area contributed by atoms with Gasteiger partial charge >= 0.3 is 0 Å². The molecule has 6 nitrogen and oxygen atoms in total. The Hall–Kier alpha value is -2.42. The minimum atomic E-state index is -0.556. The topological polar surface area (TPSA) is 94.9 Å². The highest BCUT2D eigenvalue weighted by Gasteiger charge is 2.05. The SMILES string of the molecule is N#CCC(=O)NNC(=O)c1ccncc1. The van der Waals surface area contributed by atoms with Crippen LogP contribution in [0.5, 0.6) is 0 Å². The van der Waals surface area contributed by atoms with Gasteiger partial charge in [-0.1, -0.05) is 0 Å². The summed E-state index contributed by atoms with van der Waals surface area (Å²) < 4.78 is 0. The maximum absolute atomic E-state index is 11.3. The highest BCUT2D eigenvalue weighted by atomic mass is 16.2. The van der Waals surface area contributed by atoms with E-state index >= 15 is 0 Å². The molecule has 15 heavy (non-hydrogen) atoms. The van der Waals surface area contributed by atoms with Crippen LogP contribution in [0.4, 0.5) is 0 Å². The fraction of sp³-hybridized carbons (Fsp3) is 0.111. The number of hydrogen-bond acceptors (Lipinski definition) is 4. The molecule has 0 aliphatic carbocycles. The molecule has 6 heteroatoms. The number of amides is 2. The van der Waals surface area contributed by atoms with Crippen molar-refractivity contribution in [1.29, 1.82) is 5.26 Å². The molecule has 0 radical (unpaired) electrons. The van der Waals surface area contributed by atoms with Crippen LogP contribution < -0.4 is 10.9 Å². The van der Waals surface area contributed by atoms with Crippen LogP contribution in [-0.2, 0) is 4.79 Å². The Morgan fingerprint density at radius 1 is 1.33 bits per heavy atom. The number of carbonyl (C=O) groups excluding carboxylic acids is 2. The standard InChI is InChI=1S/C9H8N4O2/c10-4-1-8(14)12-13-9(15)7-2-5-11-6-3-7/h2-3,5-6H,1H2,(H,12,14)(H,13,15). The molecular formula is C9H8N4O2. The van der Waals surface area contributed by atoms with Crippen LogP contribution in [0.15, 0.2) is 24.5 Å². The molecule has 0 aliphatic heterocycles. The predicted molar refractivity (Wildman–Crippen MR) is 50.1 cm³/mol. The van der Waals surface area contributed by atoms with Crippen LogP contribution in [0.1, 0.15) is 16.8 Å². The second kappa shape index (κ2) is 5.34. The lowest BCUT2D eigenvalue weighted by Crippen LogP contribution is -2.41. The molecule has 0 bridgehead atoms. The lowest BCUT2D eigenvalue weighted by molar-refractivity contribution is -0.120. The van der Waals surface area contributed by atoms with E-state index in [2.05, 4.69) is 15.8 Å². The van der Waals surface area contributed by atoms with Crippen molar-refractivity contribution < 1.29 is 9.59 Å². The third-order valence-corrected chi connectivity index (χ3v) is 1.50. The maximum atomic E-state index is 11.3. The first-order valence-corrected chi connectivity index (χ1v) is 4.10. The number of carbonyl (C=O) groups is 2. The zero-order valence-corrected chi connectivity index (χ0v) is 7.73.